The lowest BCUT2D eigenvalue weighted by molar-refractivity contribution is -0.144. The summed E-state index contributed by atoms with van der Waals surface area (Å²) in [5.74, 6) is -1.15. The molecule has 1 aliphatic heterocycles. The standard InChI is InChI=1S/C54H68ClFN8O9S2/c1-35-47(75-34-60-35)37-14-12-36(13-15-37)32-59-49(67)42-30-39(65)33-64(42)50(68)48(53(2,3)4)63-45(66)18-25-70-23-7-24-71-27-28-72-26-21-57-51(69)54(31-38-8-5-11-44(61-38)62-52-58-22-29-74-52)19-16-40(17-20-54)73-43-10-6-9-41(55)46(43)56/h5-6,8-15,22,29,34,39-40,42,48,65H,7,16-21,23-28,30-33H2,1-4H3,(H,57,69)(H,59,67)(H,63,66)(H,58,61,62)/t39-,40-,42+,48-,54-/m1/s1. The molecule has 4 heterocycles. The Morgan fingerprint density at radius 1 is 0.920 bits per heavy atom. The largest absolute Gasteiger partial charge is 0.487 e. The number of β-amino-alcohol motifs (C(OH)–C–C–N with tert-alkyl or cyclic N) is 1. The molecule has 21 heteroatoms. The first-order valence-electron chi connectivity index (χ1n) is 25.4. The normalized spacial score (nSPS) is 19.1. The van der Waals surface area contributed by atoms with E-state index in [0.29, 0.717) is 82.4 Å². The average molecular weight is 1090 g/mol. The second-order valence-corrected chi connectivity index (χ2v) is 22.1. The molecular weight excluding hydrogens is 1020 g/mol. The molecule has 3 aromatic heterocycles. The molecule has 1 aliphatic carbocycles. The predicted molar refractivity (Wildman–Crippen MR) is 286 cm³/mol. The number of ether oxygens (including phenoxy) is 4. The van der Waals surface area contributed by atoms with Crippen molar-refractivity contribution in [3.63, 3.8) is 0 Å². The number of benzene rings is 2. The molecule has 0 unspecified atom stereocenters. The number of hydrogen-bond donors (Lipinski definition) is 5. The number of nitrogens with zero attached hydrogens (tertiary/aromatic N) is 4. The van der Waals surface area contributed by atoms with Crippen molar-refractivity contribution in [3.8, 4) is 16.2 Å². The zero-order chi connectivity index (χ0) is 53.4. The number of nitrogens with one attached hydrogen (secondary N) is 4. The molecular formula is C54H68ClFN8O9S2. The summed E-state index contributed by atoms with van der Waals surface area (Å²) in [5, 5.41) is 25.3. The summed E-state index contributed by atoms with van der Waals surface area (Å²) >= 11 is 9.03. The van der Waals surface area contributed by atoms with Gasteiger partial charge in [0.05, 0.1) is 65.2 Å². The highest BCUT2D eigenvalue weighted by molar-refractivity contribution is 7.13. The van der Waals surface area contributed by atoms with E-state index in [1.165, 1.54) is 22.3 Å². The van der Waals surface area contributed by atoms with E-state index in [1.54, 1.807) is 29.7 Å². The Morgan fingerprint density at radius 2 is 1.65 bits per heavy atom. The number of halogens is 2. The smallest absolute Gasteiger partial charge is 0.246 e. The molecule has 1 saturated heterocycles. The molecule has 4 amide bonds. The van der Waals surface area contributed by atoms with E-state index in [9.17, 15) is 28.7 Å². The molecule has 1 saturated carbocycles. The van der Waals surface area contributed by atoms with Crippen molar-refractivity contribution in [3.05, 3.63) is 106 Å². The molecule has 0 radical (unpaired) electrons. The summed E-state index contributed by atoms with van der Waals surface area (Å²) in [5.41, 5.74) is 3.99. The number of carbonyl (C=O) groups is 4. The Hall–Kier alpha value is -5.61. The summed E-state index contributed by atoms with van der Waals surface area (Å²) in [6.45, 7) is 9.87. The first kappa shape index (κ1) is 57.1. The monoisotopic (exact) mass is 1090 g/mol. The van der Waals surface area contributed by atoms with E-state index in [1.807, 2.05) is 81.1 Å². The molecule has 2 aliphatic rings. The number of pyridine rings is 1. The van der Waals surface area contributed by atoms with Crippen LogP contribution >= 0.6 is 34.3 Å². The first-order chi connectivity index (χ1) is 36.1. The van der Waals surface area contributed by atoms with E-state index in [0.717, 1.165) is 27.4 Å². The lowest BCUT2D eigenvalue weighted by atomic mass is 9.69. The van der Waals surface area contributed by atoms with Crippen LogP contribution in [0, 0.1) is 23.6 Å². The molecule has 404 valence electrons. The molecule has 2 fully saturated rings. The van der Waals surface area contributed by atoms with Crippen molar-refractivity contribution < 1.29 is 47.6 Å². The third-order valence-corrected chi connectivity index (χ3v) is 15.2. The minimum Gasteiger partial charge on any atom is -0.487 e. The molecule has 7 rings (SSSR count). The van der Waals surface area contributed by atoms with E-state index < -0.39 is 40.7 Å². The number of rotatable bonds is 26. The number of aryl methyl sites for hydroxylation is 1. The van der Waals surface area contributed by atoms with E-state index >= 15 is 0 Å². The number of thiazole rings is 2. The SMILES string of the molecule is Cc1ncsc1-c1ccc(CNC(=O)[C@@H]2C[C@@H](O)CN2C(=O)[C@@H](NC(=O)CCOCCCOCCOCCNC(=O)[C@]2(Cc3cccc(Nc4nccs4)n3)CC[C@@H](Oc3cccc(Cl)c3F)CC2)C(C)(C)C)cc1. The van der Waals surface area contributed by atoms with Crippen molar-refractivity contribution in [1.29, 1.82) is 0 Å². The lowest BCUT2D eigenvalue weighted by Crippen LogP contribution is -2.57. The van der Waals surface area contributed by atoms with E-state index in [4.69, 9.17) is 35.5 Å². The Morgan fingerprint density at radius 3 is 2.36 bits per heavy atom. The Balaban J connectivity index is 0.772. The summed E-state index contributed by atoms with van der Waals surface area (Å²) in [6.07, 6.45) is 3.73. The van der Waals surface area contributed by atoms with E-state index in [2.05, 4.69) is 31.2 Å². The van der Waals surface area contributed by atoms with Gasteiger partial charge in [-0.15, -0.1) is 22.7 Å². The number of aliphatic hydroxyl groups is 1. The second kappa shape index (κ2) is 27.4. The quantitative estimate of drug-likeness (QED) is 0.0335. The maximum absolute atomic E-state index is 14.7. The zero-order valence-corrected chi connectivity index (χ0v) is 45.3. The molecule has 17 nitrogen and oxygen atoms in total. The topological polar surface area (TPSA) is 215 Å². The maximum atomic E-state index is 14.7. The van der Waals surface area contributed by atoms with Crippen molar-refractivity contribution >= 4 is 68.9 Å². The summed E-state index contributed by atoms with van der Waals surface area (Å²) in [7, 11) is 0. The van der Waals surface area contributed by atoms with Crippen LogP contribution in [0.25, 0.3) is 10.4 Å². The van der Waals surface area contributed by atoms with Crippen LogP contribution in [0.3, 0.4) is 0 Å². The van der Waals surface area contributed by atoms with Crippen molar-refractivity contribution in [2.75, 3.05) is 58.0 Å². The minimum atomic E-state index is -0.943. The molecule has 3 atom stereocenters. The highest BCUT2D eigenvalue weighted by atomic mass is 35.5. The van der Waals surface area contributed by atoms with Gasteiger partial charge in [-0.05, 0) is 79.8 Å². The predicted octanol–water partition coefficient (Wildman–Crippen LogP) is 7.81. The fourth-order valence-electron chi connectivity index (χ4n) is 9.18. The number of hydrogen-bond acceptors (Lipinski definition) is 15. The van der Waals surface area contributed by atoms with Crippen LogP contribution in [0.15, 0.2) is 77.8 Å². The van der Waals surface area contributed by atoms with Gasteiger partial charge in [-0.2, -0.15) is 0 Å². The van der Waals surface area contributed by atoms with Crippen LogP contribution in [-0.4, -0.2) is 126 Å². The second-order valence-electron chi connectivity index (χ2n) is 19.9. The minimum absolute atomic E-state index is 0.00775. The molecule has 0 bridgehead atoms. The third kappa shape index (κ3) is 16.4. The average Bonchev–Trinajstić information content (AvgIpc) is 4.17. The van der Waals surface area contributed by atoms with Gasteiger partial charge in [-0.1, -0.05) is 68.8 Å². The number of amides is 4. The van der Waals surface area contributed by atoms with Gasteiger partial charge in [0.15, 0.2) is 16.7 Å². The van der Waals surface area contributed by atoms with Crippen LogP contribution in [0.5, 0.6) is 5.75 Å². The Labute approximate surface area is 450 Å². The zero-order valence-electron chi connectivity index (χ0n) is 42.9. The first-order valence-corrected chi connectivity index (χ1v) is 27.5. The van der Waals surface area contributed by atoms with Gasteiger partial charge in [0.25, 0.3) is 0 Å². The lowest BCUT2D eigenvalue weighted by Gasteiger charge is -2.39. The van der Waals surface area contributed by atoms with Crippen LogP contribution in [0.2, 0.25) is 5.02 Å². The van der Waals surface area contributed by atoms with Crippen LogP contribution < -0.4 is 26.0 Å². The number of likely N-dealkylation sites (tertiary alicyclic amines) is 1. The van der Waals surface area contributed by atoms with Gasteiger partial charge in [-0.25, -0.2) is 19.3 Å². The summed E-state index contributed by atoms with van der Waals surface area (Å²) < 4.78 is 37.9. The fraction of sp³-hybridized carbons (Fsp3) is 0.500. The van der Waals surface area contributed by atoms with Crippen molar-refractivity contribution in [1.82, 2.24) is 35.8 Å². The Kier molecular flexibility index (Phi) is 20.9. The Bertz CT molecular complexity index is 2650. The highest BCUT2D eigenvalue weighted by Crippen LogP contribution is 2.41. The van der Waals surface area contributed by atoms with E-state index in [-0.39, 0.29) is 73.7 Å². The fourth-order valence-corrected chi connectivity index (χ4v) is 10.7. The molecule has 75 heavy (non-hydrogen) atoms. The molecule has 2 aromatic carbocycles. The number of aliphatic hydroxyl groups excluding tert-OH is 1. The highest BCUT2D eigenvalue weighted by Gasteiger charge is 2.45. The third-order valence-electron chi connectivity index (χ3n) is 13.2. The van der Waals surface area contributed by atoms with Gasteiger partial charge < -0.3 is 50.2 Å². The number of aromatic nitrogens is 3. The number of carbonyl (C=O) groups excluding carboxylic acids is 4. The van der Waals surface area contributed by atoms with Gasteiger partial charge in [-0.3, -0.25) is 19.2 Å². The van der Waals surface area contributed by atoms with Crippen LogP contribution in [0.4, 0.5) is 15.3 Å². The van der Waals surface area contributed by atoms with Crippen molar-refractivity contribution in [2.45, 2.75) is 110 Å². The molecule has 5 aromatic rings. The summed E-state index contributed by atoms with van der Waals surface area (Å²) in [4.78, 5) is 70.5. The maximum Gasteiger partial charge on any atom is 0.246 e. The van der Waals surface area contributed by atoms with Gasteiger partial charge in [0.2, 0.25) is 23.6 Å². The van der Waals surface area contributed by atoms with Crippen LogP contribution in [-0.2, 0) is 46.4 Å². The van der Waals surface area contributed by atoms with Gasteiger partial charge in [0, 0.05) is 69.4 Å². The van der Waals surface area contributed by atoms with Crippen molar-refractivity contribution in [2.24, 2.45) is 10.8 Å². The number of anilines is 2. The van der Waals surface area contributed by atoms with Crippen LogP contribution in [0.1, 0.15) is 82.7 Å². The molecule has 5 N–H and O–H groups in total. The van der Waals surface area contributed by atoms with Gasteiger partial charge >= 0.3 is 0 Å². The molecule has 0 spiro atoms. The van der Waals surface area contributed by atoms with Gasteiger partial charge in [0.1, 0.15) is 17.9 Å². The summed E-state index contributed by atoms with van der Waals surface area (Å²) in [6, 6.07) is 16.4.